The van der Waals surface area contributed by atoms with Gasteiger partial charge in [-0.2, -0.15) is 0 Å². The maximum absolute atomic E-state index is 13.2. The zero-order valence-corrected chi connectivity index (χ0v) is 11.2. The molecule has 96 valence electrons. The molecule has 0 atom stereocenters. The van der Waals surface area contributed by atoms with Gasteiger partial charge in [-0.1, -0.05) is 6.92 Å². The summed E-state index contributed by atoms with van der Waals surface area (Å²) in [7, 11) is 1.46. The Balaban J connectivity index is 2.01. The lowest BCUT2D eigenvalue weighted by Crippen LogP contribution is -1.98. The molecule has 0 saturated heterocycles. The first-order valence-corrected chi connectivity index (χ1v) is 6.55. The third kappa shape index (κ3) is 2.98. The third-order valence-electron chi connectivity index (χ3n) is 2.52. The van der Waals surface area contributed by atoms with E-state index in [0.29, 0.717) is 6.54 Å². The van der Waals surface area contributed by atoms with E-state index in [1.165, 1.54) is 13.2 Å². The summed E-state index contributed by atoms with van der Waals surface area (Å²) < 4.78 is 18.2. The normalized spacial score (nSPS) is 10.4. The van der Waals surface area contributed by atoms with E-state index in [2.05, 4.69) is 17.2 Å². The average molecular weight is 266 g/mol. The van der Waals surface area contributed by atoms with E-state index in [4.69, 9.17) is 4.74 Å². The van der Waals surface area contributed by atoms with Gasteiger partial charge in [0, 0.05) is 22.8 Å². The molecule has 0 fully saturated rings. The molecule has 0 aliphatic carbocycles. The van der Waals surface area contributed by atoms with Crippen LogP contribution in [-0.4, -0.2) is 12.1 Å². The monoisotopic (exact) mass is 266 g/mol. The van der Waals surface area contributed by atoms with Crippen LogP contribution in [0.4, 0.5) is 10.1 Å². The second kappa shape index (κ2) is 5.82. The molecule has 18 heavy (non-hydrogen) atoms. The molecule has 0 spiro atoms. The number of nitrogens with one attached hydrogen (secondary N) is 1. The molecule has 0 radical (unpaired) electrons. The van der Waals surface area contributed by atoms with E-state index >= 15 is 0 Å². The van der Waals surface area contributed by atoms with Gasteiger partial charge in [-0.15, -0.1) is 11.3 Å². The summed E-state index contributed by atoms with van der Waals surface area (Å²) in [5, 5.41) is 4.35. The highest BCUT2D eigenvalue weighted by Gasteiger charge is 2.04. The number of ether oxygens (including phenoxy) is 1. The van der Waals surface area contributed by atoms with Gasteiger partial charge >= 0.3 is 0 Å². The van der Waals surface area contributed by atoms with Gasteiger partial charge in [0.05, 0.1) is 18.7 Å². The van der Waals surface area contributed by atoms with E-state index in [0.717, 1.165) is 22.0 Å². The highest BCUT2D eigenvalue weighted by atomic mass is 32.1. The Morgan fingerprint density at radius 3 is 2.94 bits per heavy atom. The lowest BCUT2D eigenvalue weighted by molar-refractivity contribution is 0.387. The summed E-state index contributed by atoms with van der Waals surface area (Å²) in [6.07, 6.45) is 2.83. The number of rotatable bonds is 5. The minimum Gasteiger partial charge on any atom is -0.494 e. The van der Waals surface area contributed by atoms with E-state index in [-0.39, 0.29) is 11.6 Å². The SMILES string of the molecule is CCc1ncc(CNc2ccc(F)c(OC)c2)s1. The van der Waals surface area contributed by atoms with Gasteiger partial charge in [-0.05, 0) is 18.6 Å². The van der Waals surface area contributed by atoms with Crippen molar-refractivity contribution in [2.45, 2.75) is 19.9 Å². The van der Waals surface area contributed by atoms with Crippen LogP contribution >= 0.6 is 11.3 Å². The molecular weight excluding hydrogens is 251 g/mol. The minimum absolute atomic E-state index is 0.249. The number of anilines is 1. The van der Waals surface area contributed by atoms with Crippen molar-refractivity contribution in [2.75, 3.05) is 12.4 Å². The fraction of sp³-hybridized carbons (Fsp3) is 0.308. The lowest BCUT2D eigenvalue weighted by atomic mass is 10.3. The molecule has 0 aliphatic heterocycles. The van der Waals surface area contributed by atoms with Gasteiger partial charge in [-0.3, -0.25) is 0 Å². The van der Waals surface area contributed by atoms with Crippen molar-refractivity contribution >= 4 is 17.0 Å². The molecule has 1 aromatic carbocycles. The van der Waals surface area contributed by atoms with Crippen LogP contribution in [0.15, 0.2) is 24.4 Å². The van der Waals surface area contributed by atoms with Crippen LogP contribution in [0.5, 0.6) is 5.75 Å². The molecule has 0 aliphatic rings. The maximum atomic E-state index is 13.2. The predicted molar refractivity (Wildman–Crippen MR) is 71.8 cm³/mol. The number of hydrogen-bond donors (Lipinski definition) is 1. The lowest BCUT2D eigenvalue weighted by Gasteiger charge is -2.07. The van der Waals surface area contributed by atoms with Crippen LogP contribution in [0.2, 0.25) is 0 Å². The molecule has 5 heteroatoms. The van der Waals surface area contributed by atoms with Gasteiger partial charge in [0.2, 0.25) is 0 Å². The third-order valence-corrected chi connectivity index (χ3v) is 3.66. The second-order valence-corrected chi connectivity index (χ2v) is 4.98. The van der Waals surface area contributed by atoms with E-state index in [1.807, 2.05) is 6.20 Å². The van der Waals surface area contributed by atoms with E-state index < -0.39 is 0 Å². The molecule has 0 amide bonds. The van der Waals surface area contributed by atoms with Crippen molar-refractivity contribution < 1.29 is 9.13 Å². The summed E-state index contributed by atoms with van der Waals surface area (Å²) in [5.74, 6) is -0.104. The molecule has 2 rings (SSSR count). The van der Waals surface area contributed by atoms with Gasteiger partial charge in [0.1, 0.15) is 0 Å². The number of halogens is 1. The first-order chi connectivity index (χ1) is 8.72. The van der Waals surface area contributed by atoms with Gasteiger partial charge in [-0.25, -0.2) is 9.37 Å². The highest BCUT2D eigenvalue weighted by molar-refractivity contribution is 7.11. The van der Waals surface area contributed by atoms with Crippen LogP contribution < -0.4 is 10.1 Å². The van der Waals surface area contributed by atoms with Gasteiger partial charge in [0.15, 0.2) is 11.6 Å². The minimum atomic E-state index is -0.353. The molecule has 1 N–H and O–H groups in total. The number of aryl methyl sites for hydroxylation is 1. The van der Waals surface area contributed by atoms with Crippen LogP contribution in [-0.2, 0) is 13.0 Å². The largest absolute Gasteiger partial charge is 0.494 e. The summed E-state index contributed by atoms with van der Waals surface area (Å²) in [6, 6.07) is 4.74. The van der Waals surface area contributed by atoms with Gasteiger partial charge < -0.3 is 10.1 Å². The summed E-state index contributed by atoms with van der Waals surface area (Å²) in [5.41, 5.74) is 0.833. The molecule has 1 aromatic heterocycles. The maximum Gasteiger partial charge on any atom is 0.165 e. The van der Waals surface area contributed by atoms with Crippen molar-refractivity contribution in [3.63, 3.8) is 0 Å². The standard InChI is InChI=1S/C13H15FN2OS/c1-3-13-16-8-10(18-13)7-15-9-4-5-11(14)12(6-9)17-2/h4-6,8,15H,3,7H2,1-2H3. The number of benzene rings is 1. The summed E-state index contributed by atoms with van der Waals surface area (Å²) >= 11 is 1.69. The van der Waals surface area contributed by atoms with E-state index in [1.54, 1.807) is 23.5 Å². The Kier molecular flexibility index (Phi) is 4.15. The first kappa shape index (κ1) is 12.8. The first-order valence-electron chi connectivity index (χ1n) is 5.74. The fourth-order valence-electron chi connectivity index (χ4n) is 1.55. The molecule has 2 aromatic rings. The van der Waals surface area contributed by atoms with Crippen LogP contribution in [0.1, 0.15) is 16.8 Å². The number of nitrogens with zero attached hydrogens (tertiary/aromatic N) is 1. The molecule has 1 heterocycles. The zero-order valence-electron chi connectivity index (χ0n) is 10.4. The van der Waals surface area contributed by atoms with Crippen molar-refractivity contribution in [3.05, 3.63) is 40.1 Å². The zero-order chi connectivity index (χ0) is 13.0. The Hall–Kier alpha value is -1.62. The van der Waals surface area contributed by atoms with Crippen molar-refractivity contribution in [2.24, 2.45) is 0 Å². The Morgan fingerprint density at radius 1 is 1.44 bits per heavy atom. The molecule has 0 saturated carbocycles. The molecular formula is C13H15FN2OS. The summed E-state index contributed by atoms with van der Waals surface area (Å²) in [4.78, 5) is 5.45. The summed E-state index contributed by atoms with van der Waals surface area (Å²) in [6.45, 7) is 2.77. The number of hydrogen-bond acceptors (Lipinski definition) is 4. The topological polar surface area (TPSA) is 34.2 Å². The number of methoxy groups -OCH3 is 1. The predicted octanol–water partition coefficient (Wildman–Crippen LogP) is 3.47. The fourth-order valence-corrected chi connectivity index (χ4v) is 2.35. The van der Waals surface area contributed by atoms with E-state index in [9.17, 15) is 4.39 Å². The van der Waals surface area contributed by atoms with Crippen molar-refractivity contribution in [1.82, 2.24) is 4.98 Å². The average Bonchev–Trinajstić information content (AvgIpc) is 2.86. The smallest absolute Gasteiger partial charge is 0.165 e. The van der Waals surface area contributed by atoms with Crippen LogP contribution in [0.25, 0.3) is 0 Å². The van der Waals surface area contributed by atoms with Crippen molar-refractivity contribution in [3.8, 4) is 5.75 Å². The molecule has 0 unspecified atom stereocenters. The quantitative estimate of drug-likeness (QED) is 0.899. The number of aromatic nitrogens is 1. The molecule has 3 nitrogen and oxygen atoms in total. The van der Waals surface area contributed by atoms with Gasteiger partial charge in [0.25, 0.3) is 0 Å². The Morgan fingerprint density at radius 2 is 2.28 bits per heavy atom. The highest BCUT2D eigenvalue weighted by Crippen LogP contribution is 2.22. The number of thiazole rings is 1. The van der Waals surface area contributed by atoms with Crippen LogP contribution in [0.3, 0.4) is 0 Å². The van der Waals surface area contributed by atoms with Crippen molar-refractivity contribution in [1.29, 1.82) is 0 Å². The second-order valence-electron chi connectivity index (χ2n) is 3.78. The molecule has 0 bridgehead atoms. The Labute approximate surface area is 110 Å². The van der Waals surface area contributed by atoms with Crippen LogP contribution in [0, 0.1) is 5.82 Å². The Bertz CT molecular complexity index is 527.